The normalized spacial score (nSPS) is 23.9. The maximum atomic E-state index is 13.1. The predicted molar refractivity (Wildman–Crippen MR) is 82.3 cm³/mol. The monoisotopic (exact) mass is 292 g/mol. The average molecular weight is 292 g/mol. The fraction of sp³-hybridized carbons (Fsp3) is 0.588. The molecule has 2 rings (SSSR count). The molecule has 3 unspecified atom stereocenters. The minimum atomic E-state index is -0.254. The molecule has 0 aromatic heterocycles. The number of rotatable bonds is 4. The Bertz CT molecular complexity index is 472. The Morgan fingerprint density at radius 1 is 1.33 bits per heavy atom. The van der Waals surface area contributed by atoms with Gasteiger partial charge < -0.3 is 10.6 Å². The third kappa shape index (κ3) is 4.27. The van der Waals surface area contributed by atoms with Crippen molar-refractivity contribution in [3.8, 4) is 0 Å². The molecule has 1 amide bonds. The second kappa shape index (κ2) is 7.03. The molecule has 0 radical (unpaired) electrons. The Labute approximate surface area is 126 Å². The van der Waals surface area contributed by atoms with Crippen LogP contribution < -0.4 is 10.6 Å². The average Bonchev–Trinajstić information content (AvgIpc) is 2.45. The van der Waals surface area contributed by atoms with E-state index >= 15 is 0 Å². The van der Waals surface area contributed by atoms with Crippen LogP contribution in [-0.2, 0) is 4.79 Å². The first kappa shape index (κ1) is 16.0. The van der Waals surface area contributed by atoms with E-state index in [1.807, 2.05) is 0 Å². The van der Waals surface area contributed by atoms with Gasteiger partial charge >= 0.3 is 0 Å². The van der Waals surface area contributed by atoms with Gasteiger partial charge in [0.15, 0.2) is 0 Å². The lowest BCUT2D eigenvalue weighted by molar-refractivity contribution is -0.125. The summed E-state index contributed by atoms with van der Waals surface area (Å²) in [4.78, 5) is 12.5. The topological polar surface area (TPSA) is 41.1 Å². The molecule has 1 aliphatic rings. The first-order valence-electron chi connectivity index (χ1n) is 7.76. The zero-order valence-electron chi connectivity index (χ0n) is 13.0. The Kier molecular flexibility index (Phi) is 5.34. The van der Waals surface area contributed by atoms with Gasteiger partial charge in [0.25, 0.3) is 0 Å². The Balaban J connectivity index is 2.05. The second-order valence-corrected chi connectivity index (χ2v) is 6.42. The summed E-state index contributed by atoms with van der Waals surface area (Å²) in [5, 5.41) is 6.40. The predicted octanol–water partition coefficient (Wildman–Crippen LogP) is 3.03. The quantitative estimate of drug-likeness (QED) is 0.895. The fourth-order valence-corrected chi connectivity index (χ4v) is 2.87. The number of benzene rings is 1. The number of piperidine rings is 1. The Morgan fingerprint density at radius 3 is 2.57 bits per heavy atom. The van der Waals surface area contributed by atoms with E-state index in [0.29, 0.717) is 5.92 Å². The van der Waals surface area contributed by atoms with Gasteiger partial charge in [-0.1, -0.05) is 32.9 Å². The van der Waals surface area contributed by atoms with E-state index in [1.165, 1.54) is 12.1 Å². The maximum absolute atomic E-state index is 13.1. The number of carbonyl (C=O) groups excluding carboxylic acids is 1. The van der Waals surface area contributed by atoms with Crippen molar-refractivity contribution in [2.24, 2.45) is 11.8 Å². The van der Waals surface area contributed by atoms with Gasteiger partial charge in [-0.05, 0) is 48.9 Å². The molecule has 3 nitrogen and oxygen atoms in total. The highest BCUT2D eigenvalue weighted by atomic mass is 19.1. The van der Waals surface area contributed by atoms with Crippen molar-refractivity contribution >= 4 is 5.91 Å². The number of hydrogen-bond donors (Lipinski definition) is 2. The highest BCUT2D eigenvalue weighted by molar-refractivity contribution is 5.82. The van der Waals surface area contributed by atoms with Crippen LogP contribution in [0.5, 0.6) is 0 Å². The van der Waals surface area contributed by atoms with Crippen LogP contribution in [0.25, 0.3) is 0 Å². The van der Waals surface area contributed by atoms with Gasteiger partial charge in [0.05, 0.1) is 12.1 Å². The van der Waals surface area contributed by atoms with E-state index in [2.05, 4.69) is 31.4 Å². The van der Waals surface area contributed by atoms with Gasteiger partial charge in [-0.3, -0.25) is 4.79 Å². The maximum Gasteiger partial charge on any atom is 0.237 e. The molecule has 1 aromatic carbocycles. The third-order valence-electron chi connectivity index (χ3n) is 4.18. The van der Waals surface area contributed by atoms with Crippen molar-refractivity contribution in [2.45, 2.75) is 45.7 Å². The first-order chi connectivity index (χ1) is 9.97. The molecule has 2 N–H and O–H groups in total. The highest BCUT2D eigenvalue weighted by Crippen LogP contribution is 2.23. The van der Waals surface area contributed by atoms with Crippen molar-refractivity contribution in [1.29, 1.82) is 0 Å². The second-order valence-electron chi connectivity index (χ2n) is 6.42. The number of halogens is 1. The van der Waals surface area contributed by atoms with Gasteiger partial charge in [0.1, 0.15) is 5.82 Å². The molecule has 3 atom stereocenters. The summed E-state index contributed by atoms with van der Waals surface area (Å²) in [6.07, 6.45) is 2.00. The van der Waals surface area contributed by atoms with Gasteiger partial charge in [-0.2, -0.15) is 0 Å². The van der Waals surface area contributed by atoms with E-state index in [0.717, 1.165) is 24.9 Å². The molecule has 1 aromatic rings. The van der Waals surface area contributed by atoms with Gasteiger partial charge in [0.2, 0.25) is 5.91 Å². The summed E-state index contributed by atoms with van der Waals surface area (Å²) in [6.45, 7) is 7.19. The molecular weight excluding hydrogens is 267 g/mol. The van der Waals surface area contributed by atoms with E-state index in [4.69, 9.17) is 0 Å². The van der Waals surface area contributed by atoms with E-state index in [9.17, 15) is 9.18 Å². The lowest BCUT2D eigenvalue weighted by Crippen LogP contribution is -2.49. The number of amides is 1. The number of hydrogen-bond acceptors (Lipinski definition) is 2. The van der Waals surface area contributed by atoms with Gasteiger partial charge in [-0.25, -0.2) is 4.39 Å². The minimum Gasteiger partial charge on any atom is -0.348 e. The molecular formula is C17H25FN2O. The molecule has 0 bridgehead atoms. The highest BCUT2D eigenvalue weighted by Gasteiger charge is 2.27. The molecule has 0 spiro atoms. The molecule has 1 heterocycles. The molecule has 116 valence electrons. The summed E-state index contributed by atoms with van der Waals surface area (Å²) < 4.78 is 13.1. The zero-order valence-corrected chi connectivity index (χ0v) is 13.0. The molecule has 1 saturated heterocycles. The number of carbonyl (C=O) groups is 1. The van der Waals surface area contributed by atoms with Crippen LogP contribution >= 0.6 is 0 Å². The summed E-state index contributed by atoms with van der Waals surface area (Å²) in [5.74, 6) is 0.616. The van der Waals surface area contributed by atoms with E-state index in [1.54, 1.807) is 12.1 Å². The van der Waals surface area contributed by atoms with E-state index < -0.39 is 0 Å². The SMILES string of the molecule is CC1CCNC(C(=O)NC(c2ccc(F)cc2)C(C)C)C1. The molecule has 4 heteroatoms. The van der Waals surface area contributed by atoms with Crippen molar-refractivity contribution in [1.82, 2.24) is 10.6 Å². The molecule has 1 aliphatic heterocycles. The van der Waals surface area contributed by atoms with Crippen LogP contribution in [0.4, 0.5) is 4.39 Å². The number of nitrogens with one attached hydrogen (secondary N) is 2. The van der Waals surface area contributed by atoms with Crippen LogP contribution in [0, 0.1) is 17.7 Å². The van der Waals surface area contributed by atoms with Gasteiger partial charge in [-0.15, -0.1) is 0 Å². The fourth-order valence-electron chi connectivity index (χ4n) is 2.87. The summed E-state index contributed by atoms with van der Waals surface area (Å²) in [6, 6.07) is 6.18. The van der Waals surface area contributed by atoms with Crippen molar-refractivity contribution in [3.63, 3.8) is 0 Å². The van der Waals surface area contributed by atoms with Crippen molar-refractivity contribution in [3.05, 3.63) is 35.6 Å². The molecule has 0 saturated carbocycles. The van der Waals surface area contributed by atoms with Gasteiger partial charge in [0, 0.05) is 0 Å². The molecule has 21 heavy (non-hydrogen) atoms. The lowest BCUT2D eigenvalue weighted by atomic mass is 9.92. The lowest BCUT2D eigenvalue weighted by Gasteiger charge is -2.30. The first-order valence-corrected chi connectivity index (χ1v) is 7.76. The smallest absolute Gasteiger partial charge is 0.237 e. The van der Waals surface area contributed by atoms with Crippen LogP contribution in [0.15, 0.2) is 24.3 Å². The standard InChI is InChI=1S/C17H25FN2O/c1-11(2)16(13-4-6-14(18)7-5-13)20-17(21)15-10-12(3)8-9-19-15/h4-7,11-12,15-16,19H,8-10H2,1-3H3,(H,20,21). The summed E-state index contributed by atoms with van der Waals surface area (Å²) >= 11 is 0. The minimum absolute atomic E-state index is 0.0459. The van der Waals surface area contributed by atoms with E-state index in [-0.39, 0.29) is 29.7 Å². The third-order valence-corrected chi connectivity index (χ3v) is 4.18. The summed E-state index contributed by atoms with van der Waals surface area (Å²) in [5.41, 5.74) is 0.948. The van der Waals surface area contributed by atoms with Crippen LogP contribution in [0.1, 0.15) is 45.2 Å². The molecule has 0 aliphatic carbocycles. The van der Waals surface area contributed by atoms with Crippen LogP contribution in [0.2, 0.25) is 0 Å². The van der Waals surface area contributed by atoms with Crippen LogP contribution in [0.3, 0.4) is 0 Å². The van der Waals surface area contributed by atoms with Crippen molar-refractivity contribution < 1.29 is 9.18 Å². The van der Waals surface area contributed by atoms with Crippen molar-refractivity contribution in [2.75, 3.05) is 6.54 Å². The molecule has 1 fully saturated rings. The zero-order chi connectivity index (χ0) is 15.4. The Morgan fingerprint density at radius 2 is 2.00 bits per heavy atom. The summed E-state index contributed by atoms with van der Waals surface area (Å²) in [7, 11) is 0. The largest absolute Gasteiger partial charge is 0.348 e. The van der Waals surface area contributed by atoms with Crippen LogP contribution in [-0.4, -0.2) is 18.5 Å². The Hall–Kier alpha value is -1.42.